The lowest BCUT2D eigenvalue weighted by Crippen LogP contribution is -2.13. The highest BCUT2D eigenvalue weighted by Crippen LogP contribution is 2.30. The third-order valence-electron chi connectivity index (χ3n) is 3.54. The van der Waals surface area contributed by atoms with Crippen molar-refractivity contribution in [3.63, 3.8) is 0 Å². The van der Waals surface area contributed by atoms with Crippen LogP contribution in [0.25, 0.3) is 11.3 Å². The van der Waals surface area contributed by atoms with Gasteiger partial charge in [-0.1, -0.05) is 41.9 Å². The van der Waals surface area contributed by atoms with Crippen LogP contribution in [0.1, 0.15) is 15.9 Å². The van der Waals surface area contributed by atoms with Crippen LogP contribution in [-0.4, -0.2) is 10.8 Å². The van der Waals surface area contributed by atoms with Gasteiger partial charge in [-0.05, 0) is 6.07 Å². The van der Waals surface area contributed by atoms with Crippen LogP contribution in [0.4, 0.5) is 11.6 Å². The van der Waals surface area contributed by atoms with Crippen molar-refractivity contribution in [2.45, 2.75) is 0 Å². The third-order valence-corrected chi connectivity index (χ3v) is 3.87. The molecule has 2 aromatic carbocycles. The van der Waals surface area contributed by atoms with E-state index in [4.69, 9.17) is 16.0 Å². The number of furan rings is 1. The molecule has 26 heavy (non-hydrogen) atoms. The number of hydrogen-bond donors (Lipinski definition) is 1. The highest BCUT2D eigenvalue weighted by Gasteiger charge is 2.20. The van der Waals surface area contributed by atoms with E-state index in [1.165, 1.54) is 18.2 Å². The molecule has 0 aliphatic heterocycles. The molecule has 0 aliphatic rings. The average Bonchev–Trinajstić information content (AvgIpc) is 3.05. The Morgan fingerprint density at radius 2 is 1.92 bits per heavy atom. The number of nitriles is 1. The molecule has 0 saturated carbocycles. The number of non-ortho nitro benzene ring substituents is 1. The van der Waals surface area contributed by atoms with Gasteiger partial charge in [0, 0.05) is 23.8 Å². The van der Waals surface area contributed by atoms with Crippen LogP contribution in [0.15, 0.2) is 59.0 Å². The minimum Gasteiger partial charge on any atom is -0.439 e. The topological polar surface area (TPSA) is 109 Å². The van der Waals surface area contributed by atoms with E-state index in [1.807, 2.05) is 24.3 Å². The summed E-state index contributed by atoms with van der Waals surface area (Å²) in [7, 11) is 0. The molecule has 0 atom stereocenters. The monoisotopic (exact) mass is 367 g/mol. The predicted molar refractivity (Wildman–Crippen MR) is 94.9 cm³/mol. The van der Waals surface area contributed by atoms with Crippen molar-refractivity contribution in [2.24, 2.45) is 0 Å². The summed E-state index contributed by atoms with van der Waals surface area (Å²) < 4.78 is 5.57. The number of halogens is 1. The Balaban J connectivity index is 1.93. The molecule has 0 radical (unpaired) electrons. The van der Waals surface area contributed by atoms with Crippen molar-refractivity contribution < 1.29 is 14.1 Å². The van der Waals surface area contributed by atoms with E-state index < -0.39 is 10.8 Å². The first-order valence-electron chi connectivity index (χ1n) is 7.34. The summed E-state index contributed by atoms with van der Waals surface area (Å²) >= 11 is 5.96. The van der Waals surface area contributed by atoms with Crippen LogP contribution < -0.4 is 5.32 Å². The van der Waals surface area contributed by atoms with Crippen molar-refractivity contribution >= 4 is 29.1 Å². The highest BCUT2D eigenvalue weighted by molar-refractivity contribution is 6.34. The first-order valence-corrected chi connectivity index (χ1v) is 7.72. The molecule has 1 aromatic heterocycles. The Bertz CT molecular complexity index is 1040. The van der Waals surface area contributed by atoms with Crippen molar-refractivity contribution in [1.82, 2.24) is 0 Å². The molecule has 1 amide bonds. The second-order valence-electron chi connectivity index (χ2n) is 5.21. The van der Waals surface area contributed by atoms with Crippen LogP contribution in [0, 0.1) is 21.4 Å². The minimum atomic E-state index is -0.718. The summed E-state index contributed by atoms with van der Waals surface area (Å²) in [4.78, 5) is 22.7. The number of carbonyl (C=O) groups excluding carboxylic acids is 1. The van der Waals surface area contributed by atoms with E-state index in [0.717, 1.165) is 11.6 Å². The lowest BCUT2D eigenvalue weighted by molar-refractivity contribution is -0.384. The number of amides is 1. The maximum absolute atomic E-state index is 12.4. The number of rotatable bonds is 4. The summed E-state index contributed by atoms with van der Waals surface area (Å²) in [5, 5.41) is 22.6. The molecular formula is C18H10ClN3O4. The van der Waals surface area contributed by atoms with E-state index in [1.54, 1.807) is 12.1 Å². The number of nitrogens with one attached hydrogen (secondary N) is 1. The van der Waals surface area contributed by atoms with Gasteiger partial charge in [-0.3, -0.25) is 20.2 Å². The first kappa shape index (κ1) is 17.2. The van der Waals surface area contributed by atoms with E-state index in [-0.39, 0.29) is 27.7 Å². The molecule has 3 aromatic rings. The fourth-order valence-corrected chi connectivity index (χ4v) is 2.49. The number of anilines is 1. The molecule has 7 nitrogen and oxygen atoms in total. The first-order chi connectivity index (χ1) is 12.5. The van der Waals surface area contributed by atoms with Crippen LogP contribution in [0.3, 0.4) is 0 Å². The van der Waals surface area contributed by atoms with Gasteiger partial charge in [0.15, 0.2) is 0 Å². The Labute approximate surface area is 152 Å². The highest BCUT2D eigenvalue weighted by atomic mass is 35.5. The lowest BCUT2D eigenvalue weighted by Gasteiger charge is -2.05. The normalized spacial score (nSPS) is 10.2. The minimum absolute atomic E-state index is 0.0430. The Kier molecular flexibility index (Phi) is 4.69. The largest absolute Gasteiger partial charge is 0.439 e. The number of carbonyl (C=O) groups is 1. The van der Waals surface area contributed by atoms with Crippen molar-refractivity contribution in [3.8, 4) is 17.4 Å². The quantitative estimate of drug-likeness (QED) is 0.534. The van der Waals surface area contributed by atoms with Crippen LogP contribution in [0.2, 0.25) is 5.02 Å². The lowest BCUT2D eigenvalue weighted by atomic mass is 10.1. The van der Waals surface area contributed by atoms with E-state index in [9.17, 15) is 20.2 Å². The number of hydrogen-bond acceptors (Lipinski definition) is 5. The zero-order chi connectivity index (χ0) is 18.7. The van der Waals surface area contributed by atoms with Gasteiger partial charge in [0.05, 0.1) is 15.5 Å². The molecular weight excluding hydrogens is 358 g/mol. The molecule has 0 spiro atoms. The summed E-state index contributed by atoms with van der Waals surface area (Å²) in [6.07, 6.45) is 0. The second kappa shape index (κ2) is 7.09. The van der Waals surface area contributed by atoms with Crippen molar-refractivity contribution in [1.29, 1.82) is 5.26 Å². The maximum atomic E-state index is 12.4. The van der Waals surface area contributed by atoms with Gasteiger partial charge < -0.3 is 4.42 Å². The summed E-state index contributed by atoms with van der Waals surface area (Å²) in [6, 6.07) is 16.0. The smallest absolute Gasteiger partial charge is 0.270 e. The van der Waals surface area contributed by atoms with E-state index in [0.29, 0.717) is 5.76 Å². The van der Waals surface area contributed by atoms with Crippen molar-refractivity contribution in [2.75, 3.05) is 5.32 Å². The molecule has 8 heteroatoms. The average molecular weight is 368 g/mol. The van der Waals surface area contributed by atoms with E-state index in [2.05, 4.69) is 5.32 Å². The van der Waals surface area contributed by atoms with Gasteiger partial charge in [0.2, 0.25) is 5.88 Å². The molecule has 0 aliphatic carbocycles. The van der Waals surface area contributed by atoms with Gasteiger partial charge in [0.1, 0.15) is 17.4 Å². The molecule has 128 valence electrons. The SMILES string of the molecule is N#Cc1cc(-c2ccccc2)oc1NC(=O)c1cc([N+](=O)[O-])ccc1Cl. The Morgan fingerprint density at radius 3 is 2.58 bits per heavy atom. The number of benzene rings is 2. The summed E-state index contributed by atoms with van der Waals surface area (Å²) in [6.45, 7) is 0. The second-order valence-corrected chi connectivity index (χ2v) is 5.61. The standard InChI is InChI=1S/C18H10ClN3O4/c19-15-7-6-13(22(24)25)9-14(15)17(23)21-18-12(10-20)8-16(26-18)11-4-2-1-3-5-11/h1-9H,(H,21,23). The fraction of sp³-hybridized carbons (Fsp3) is 0. The molecule has 0 unspecified atom stereocenters. The Hall–Kier alpha value is -3.63. The zero-order valence-electron chi connectivity index (χ0n) is 13.1. The van der Waals surface area contributed by atoms with E-state index >= 15 is 0 Å². The summed E-state index contributed by atoms with van der Waals surface area (Å²) in [5.41, 5.74) is 0.489. The molecule has 0 saturated heterocycles. The maximum Gasteiger partial charge on any atom is 0.270 e. The number of nitro benzene ring substituents is 1. The molecule has 0 fully saturated rings. The van der Waals surface area contributed by atoms with Gasteiger partial charge in [-0.25, -0.2) is 0 Å². The number of nitro groups is 1. The van der Waals surface area contributed by atoms with Crippen LogP contribution in [-0.2, 0) is 0 Å². The predicted octanol–water partition coefficient (Wildman–Crippen LogP) is 4.63. The third kappa shape index (κ3) is 3.41. The number of nitrogens with zero attached hydrogens (tertiary/aromatic N) is 2. The van der Waals surface area contributed by atoms with Crippen LogP contribution in [0.5, 0.6) is 0 Å². The van der Waals surface area contributed by atoms with Gasteiger partial charge >= 0.3 is 0 Å². The summed E-state index contributed by atoms with van der Waals surface area (Å²) in [5.74, 6) is -0.370. The zero-order valence-corrected chi connectivity index (χ0v) is 13.9. The molecule has 3 rings (SSSR count). The Morgan fingerprint density at radius 1 is 1.19 bits per heavy atom. The van der Waals surface area contributed by atoms with Gasteiger partial charge in [-0.15, -0.1) is 0 Å². The molecule has 0 bridgehead atoms. The molecule has 1 N–H and O–H groups in total. The molecule has 1 heterocycles. The van der Waals surface area contributed by atoms with Crippen LogP contribution >= 0.6 is 11.6 Å². The van der Waals surface area contributed by atoms with Crippen molar-refractivity contribution in [3.05, 3.63) is 80.9 Å². The van der Waals surface area contributed by atoms with Gasteiger partial charge in [-0.2, -0.15) is 5.26 Å². The van der Waals surface area contributed by atoms with Gasteiger partial charge in [0.25, 0.3) is 11.6 Å². The fourth-order valence-electron chi connectivity index (χ4n) is 2.28.